The lowest BCUT2D eigenvalue weighted by atomic mass is 9.84. The molecule has 1 amide bonds. The second-order valence-electron chi connectivity index (χ2n) is 6.83. The molecule has 1 N–H and O–H groups in total. The first-order valence-electron chi connectivity index (χ1n) is 8.72. The van der Waals surface area contributed by atoms with Crippen LogP contribution in [0.5, 0.6) is 0 Å². The summed E-state index contributed by atoms with van der Waals surface area (Å²) in [6.07, 6.45) is -0.919. The number of hydrogen-bond donors (Lipinski definition) is 1. The molecule has 4 nitrogen and oxygen atoms in total. The molecule has 0 radical (unpaired) electrons. The molecule has 0 spiro atoms. The summed E-state index contributed by atoms with van der Waals surface area (Å²) >= 11 is 1.83. The van der Waals surface area contributed by atoms with E-state index in [0.29, 0.717) is 27.0 Å². The number of hydrogen-bond acceptors (Lipinski definition) is 5. The van der Waals surface area contributed by atoms with Crippen LogP contribution >= 0.6 is 23.1 Å². The quantitative estimate of drug-likeness (QED) is 0.819. The molecule has 144 valence electrons. The first kappa shape index (κ1) is 18.8. The maximum atomic E-state index is 12.6. The van der Waals surface area contributed by atoms with Crippen LogP contribution in [0.25, 0.3) is 0 Å². The van der Waals surface area contributed by atoms with Gasteiger partial charge in [-0.25, -0.2) is 4.98 Å². The van der Waals surface area contributed by atoms with E-state index in [-0.39, 0.29) is 11.9 Å². The number of nitrogens with zero attached hydrogens (tertiary/aromatic N) is 2. The fraction of sp³-hybridized carbons (Fsp3) is 0.444. The molecule has 1 unspecified atom stereocenters. The standard InChI is InChI=1S/C18H18F3N3OS2/c19-18(20,21)17-22-9-15(27-17)26-13-3-1-12(2-4-13)16(25)23-14-10-24-7-5-11(14)6-8-24/h1-4,9,11,14H,5-8,10H2,(H,23,25). The van der Waals surface area contributed by atoms with Gasteiger partial charge in [-0.3, -0.25) is 4.79 Å². The van der Waals surface area contributed by atoms with Gasteiger partial charge in [0, 0.05) is 23.0 Å². The van der Waals surface area contributed by atoms with Gasteiger partial charge in [0.25, 0.3) is 5.91 Å². The van der Waals surface area contributed by atoms with Crippen LogP contribution in [0.1, 0.15) is 28.2 Å². The normalized spacial score (nSPS) is 24.8. The van der Waals surface area contributed by atoms with Crippen molar-refractivity contribution in [2.45, 2.75) is 34.2 Å². The highest BCUT2D eigenvalue weighted by atomic mass is 32.2. The van der Waals surface area contributed by atoms with Crippen molar-refractivity contribution in [2.24, 2.45) is 5.92 Å². The van der Waals surface area contributed by atoms with Gasteiger partial charge in [0.15, 0.2) is 5.01 Å². The lowest BCUT2D eigenvalue weighted by Crippen LogP contribution is -2.57. The maximum absolute atomic E-state index is 12.6. The number of fused-ring (bicyclic) bond motifs is 3. The molecule has 0 saturated carbocycles. The predicted molar refractivity (Wildman–Crippen MR) is 98.1 cm³/mol. The van der Waals surface area contributed by atoms with Gasteiger partial charge in [-0.1, -0.05) is 11.8 Å². The van der Waals surface area contributed by atoms with E-state index in [1.165, 1.54) is 18.0 Å². The average Bonchev–Trinajstić information content (AvgIpc) is 3.12. The van der Waals surface area contributed by atoms with E-state index in [0.717, 1.165) is 37.4 Å². The van der Waals surface area contributed by atoms with E-state index in [9.17, 15) is 18.0 Å². The highest BCUT2D eigenvalue weighted by Gasteiger charge is 2.35. The summed E-state index contributed by atoms with van der Waals surface area (Å²) in [7, 11) is 0. The summed E-state index contributed by atoms with van der Waals surface area (Å²) in [4.78, 5) is 19.1. The monoisotopic (exact) mass is 413 g/mol. The van der Waals surface area contributed by atoms with Gasteiger partial charge in [0.05, 0.1) is 10.4 Å². The summed E-state index contributed by atoms with van der Waals surface area (Å²) in [6, 6.07) is 7.13. The lowest BCUT2D eigenvalue weighted by Gasteiger charge is -2.44. The Labute approximate surface area is 163 Å². The number of piperidine rings is 3. The van der Waals surface area contributed by atoms with E-state index < -0.39 is 11.2 Å². The van der Waals surface area contributed by atoms with Crippen molar-refractivity contribution in [3.05, 3.63) is 41.0 Å². The molecule has 1 aromatic heterocycles. The van der Waals surface area contributed by atoms with Gasteiger partial charge >= 0.3 is 6.18 Å². The molecule has 9 heteroatoms. The number of thiazole rings is 1. The summed E-state index contributed by atoms with van der Waals surface area (Å²) in [5, 5.41) is 2.29. The van der Waals surface area contributed by atoms with Gasteiger partial charge in [-0.15, -0.1) is 11.3 Å². The van der Waals surface area contributed by atoms with Gasteiger partial charge in [0.1, 0.15) is 0 Å². The number of aromatic nitrogens is 1. The Morgan fingerprint density at radius 2 is 1.93 bits per heavy atom. The SMILES string of the molecule is O=C(NC1CN2CCC1CC2)c1ccc(Sc2cnc(C(F)(F)F)s2)cc1. The zero-order valence-corrected chi connectivity index (χ0v) is 16.0. The molecule has 2 aromatic rings. The third kappa shape index (κ3) is 4.30. The third-order valence-corrected chi connectivity index (χ3v) is 7.19. The molecule has 3 fully saturated rings. The van der Waals surface area contributed by atoms with Crippen LogP contribution in [0.2, 0.25) is 0 Å². The number of nitrogens with one attached hydrogen (secondary N) is 1. The number of amides is 1. The van der Waals surface area contributed by atoms with E-state index >= 15 is 0 Å². The van der Waals surface area contributed by atoms with E-state index in [4.69, 9.17) is 0 Å². The van der Waals surface area contributed by atoms with Crippen molar-refractivity contribution in [1.29, 1.82) is 0 Å². The molecule has 1 aromatic carbocycles. The van der Waals surface area contributed by atoms with Crippen LogP contribution in [-0.4, -0.2) is 41.5 Å². The molecule has 3 saturated heterocycles. The van der Waals surface area contributed by atoms with E-state index in [1.807, 2.05) is 0 Å². The molecule has 4 heterocycles. The minimum Gasteiger partial charge on any atom is -0.348 e. The van der Waals surface area contributed by atoms with Crippen LogP contribution in [0.4, 0.5) is 13.2 Å². The largest absolute Gasteiger partial charge is 0.443 e. The van der Waals surface area contributed by atoms with E-state index in [2.05, 4.69) is 15.2 Å². The number of benzene rings is 1. The molecule has 2 bridgehead atoms. The Morgan fingerprint density at radius 3 is 2.48 bits per heavy atom. The van der Waals surface area contributed by atoms with Crippen molar-refractivity contribution < 1.29 is 18.0 Å². The third-order valence-electron chi connectivity index (χ3n) is 5.03. The van der Waals surface area contributed by atoms with Crippen molar-refractivity contribution in [3.8, 4) is 0 Å². The van der Waals surface area contributed by atoms with Crippen molar-refractivity contribution in [3.63, 3.8) is 0 Å². The molecule has 0 aliphatic carbocycles. The van der Waals surface area contributed by atoms with Gasteiger partial charge in [-0.05, 0) is 56.1 Å². The maximum Gasteiger partial charge on any atom is 0.443 e. The minimum atomic E-state index is -4.42. The first-order chi connectivity index (χ1) is 12.9. The van der Waals surface area contributed by atoms with Crippen molar-refractivity contribution in [1.82, 2.24) is 15.2 Å². The van der Waals surface area contributed by atoms with E-state index in [1.54, 1.807) is 24.3 Å². The smallest absolute Gasteiger partial charge is 0.348 e. The number of carbonyl (C=O) groups is 1. The van der Waals surface area contributed by atoms with Crippen LogP contribution in [0.15, 0.2) is 39.6 Å². The fourth-order valence-corrected chi connectivity index (χ4v) is 5.43. The molecular weight excluding hydrogens is 395 g/mol. The van der Waals surface area contributed by atoms with Crippen LogP contribution in [-0.2, 0) is 6.18 Å². The Morgan fingerprint density at radius 1 is 1.22 bits per heavy atom. The summed E-state index contributed by atoms with van der Waals surface area (Å²) in [6.45, 7) is 3.16. The van der Waals surface area contributed by atoms with Crippen LogP contribution < -0.4 is 5.32 Å². The molecule has 1 atom stereocenters. The minimum absolute atomic E-state index is 0.0950. The second-order valence-corrected chi connectivity index (χ2v) is 9.23. The van der Waals surface area contributed by atoms with Crippen LogP contribution in [0, 0.1) is 5.92 Å². The number of alkyl halides is 3. The topological polar surface area (TPSA) is 45.2 Å². The fourth-order valence-electron chi connectivity index (χ4n) is 3.61. The van der Waals surface area contributed by atoms with Gasteiger partial charge in [0.2, 0.25) is 0 Å². The molecule has 27 heavy (non-hydrogen) atoms. The molecule has 3 aliphatic heterocycles. The Hall–Kier alpha value is -1.58. The lowest BCUT2D eigenvalue weighted by molar-refractivity contribution is -0.137. The Bertz CT molecular complexity index is 814. The summed E-state index contributed by atoms with van der Waals surface area (Å²) in [5.74, 6) is 0.463. The number of rotatable bonds is 4. The molecular formula is C18H18F3N3OS2. The zero-order valence-electron chi connectivity index (χ0n) is 14.3. The van der Waals surface area contributed by atoms with Crippen molar-refractivity contribution >= 4 is 29.0 Å². The number of carbonyl (C=O) groups excluding carboxylic acids is 1. The highest BCUT2D eigenvalue weighted by molar-refractivity contribution is 8.01. The van der Waals surface area contributed by atoms with Gasteiger partial charge < -0.3 is 10.2 Å². The van der Waals surface area contributed by atoms with Crippen LogP contribution in [0.3, 0.4) is 0 Å². The predicted octanol–water partition coefficient (Wildman–Crippen LogP) is 4.14. The summed E-state index contributed by atoms with van der Waals surface area (Å²) < 4.78 is 38.3. The highest BCUT2D eigenvalue weighted by Crippen LogP contribution is 2.38. The van der Waals surface area contributed by atoms with Gasteiger partial charge in [-0.2, -0.15) is 13.2 Å². The first-order valence-corrected chi connectivity index (χ1v) is 10.4. The molecule has 3 aliphatic rings. The Kier molecular flexibility index (Phi) is 5.17. The second kappa shape index (κ2) is 7.44. The Balaban J connectivity index is 1.37. The number of halogens is 3. The van der Waals surface area contributed by atoms with Crippen molar-refractivity contribution in [2.75, 3.05) is 19.6 Å². The molecule has 5 rings (SSSR count). The zero-order chi connectivity index (χ0) is 19.0. The average molecular weight is 413 g/mol. The summed E-state index contributed by atoms with van der Waals surface area (Å²) in [5.41, 5.74) is 0.566.